The Hall–Kier alpha value is -1.93. The van der Waals surface area contributed by atoms with E-state index in [0.29, 0.717) is 25.0 Å². The van der Waals surface area contributed by atoms with Crippen molar-refractivity contribution in [3.8, 4) is 0 Å². The van der Waals surface area contributed by atoms with Crippen LogP contribution in [0.4, 0.5) is 11.8 Å². The third-order valence-corrected chi connectivity index (χ3v) is 6.22. The summed E-state index contributed by atoms with van der Waals surface area (Å²) in [5.74, 6) is 3.06. The van der Waals surface area contributed by atoms with Crippen LogP contribution in [0.15, 0.2) is 6.07 Å². The van der Waals surface area contributed by atoms with Crippen LogP contribution in [0.25, 0.3) is 0 Å². The second kappa shape index (κ2) is 9.26. The van der Waals surface area contributed by atoms with Crippen LogP contribution in [-0.2, 0) is 9.53 Å². The van der Waals surface area contributed by atoms with Gasteiger partial charge in [-0.3, -0.25) is 4.79 Å². The fraction of sp³-hybridized carbons (Fsp3) is 0.762. The number of morpholine rings is 1. The summed E-state index contributed by atoms with van der Waals surface area (Å²) >= 11 is 0. The summed E-state index contributed by atoms with van der Waals surface area (Å²) < 4.78 is 5.75. The Kier molecular flexibility index (Phi) is 6.50. The summed E-state index contributed by atoms with van der Waals surface area (Å²) in [6, 6.07) is 1.90. The third-order valence-electron chi connectivity index (χ3n) is 6.22. The van der Waals surface area contributed by atoms with E-state index in [0.717, 1.165) is 24.0 Å². The summed E-state index contributed by atoms with van der Waals surface area (Å²) in [5, 5.41) is 6.31. The molecule has 160 valence electrons. The van der Waals surface area contributed by atoms with Crippen molar-refractivity contribution in [3.63, 3.8) is 0 Å². The van der Waals surface area contributed by atoms with Crippen molar-refractivity contribution in [2.45, 2.75) is 38.7 Å². The van der Waals surface area contributed by atoms with E-state index in [4.69, 9.17) is 4.74 Å². The van der Waals surface area contributed by atoms with Crippen molar-refractivity contribution >= 4 is 17.7 Å². The van der Waals surface area contributed by atoms with E-state index in [1.807, 2.05) is 24.9 Å². The topological polar surface area (TPSA) is 82.6 Å². The summed E-state index contributed by atoms with van der Waals surface area (Å²) in [6.45, 7) is 7.86. The van der Waals surface area contributed by atoms with Gasteiger partial charge < -0.3 is 25.2 Å². The zero-order valence-electron chi connectivity index (χ0n) is 17.7. The maximum Gasteiger partial charge on any atom is 0.248 e. The lowest BCUT2D eigenvalue weighted by Gasteiger charge is -2.38. The van der Waals surface area contributed by atoms with Gasteiger partial charge in [0, 0.05) is 45.0 Å². The number of carbonyl (C=O) groups excluding carboxylic acids is 1. The van der Waals surface area contributed by atoms with E-state index in [2.05, 4.69) is 25.5 Å². The van der Waals surface area contributed by atoms with E-state index < -0.39 is 0 Å². The van der Waals surface area contributed by atoms with Crippen LogP contribution in [0.5, 0.6) is 0 Å². The largest absolute Gasteiger partial charge is 0.373 e. The Balaban J connectivity index is 1.24. The van der Waals surface area contributed by atoms with Crippen molar-refractivity contribution in [1.82, 2.24) is 19.8 Å². The van der Waals surface area contributed by atoms with Crippen LogP contribution in [0.3, 0.4) is 0 Å². The number of anilines is 2. The van der Waals surface area contributed by atoms with Gasteiger partial charge in [-0.1, -0.05) is 0 Å². The highest BCUT2D eigenvalue weighted by Gasteiger charge is 2.31. The first-order valence-electron chi connectivity index (χ1n) is 11.0. The van der Waals surface area contributed by atoms with Gasteiger partial charge in [0.25, 0.3) is 0 Å². The second-order valence-electron chi connectivity index (χ2n) is 8.77. The van der Waals surface area contributed by atoms with E-state index in [-0.39, 0.29) is 18.6 Å². The number of aryl methyl sites for hydroxylation is 1. The van der Waals surface area contributed by atoms with Crippen molar-refractivity contribution in [1.29, 1.82) is 0 Å². The molecule has 0 radical (unpaired) electrons. The van der Waals surface area contributed by atoms with Gasteiger partial charge in [-0.25, -0.2) is 4.98 Å². The number of nitrogens with zero attached hydrogens (tertiary/aromatic N) is 4. The van der Waals surface area contributed by atoms with Gasteiger partial charge in [0.15, 0.2) is 0 Å². The van der Waals surface area contributed by atoms with Crippen molar-refractivity contribution in [2.24, 2.45) is 11.8 Å². The number of ether oxygens (including phenoxy) is 1. The van der Waals surface area contributed by atoms with E-state index in [9.17, 15) is 4.79 Å². The molecule has 4 rings (SSSR count). The maximum atomic E-state index is 12.4. The van der Waals surface area contributed by atoms with Crippen molar-refractivity contribution < 1.29 is 9.53 Å². The molecule has 0 aromatic carbocycles. The Morgan fingerprint density at radius 3 is 2.62 bits per heavy atom. The molecule has 2 aliphatic heterocycles. The molecule has 3 heterocycles. The Morgan fingerprint density at radius 1 is 1.14 bits per heavy atom. The molecule has 1 aromatic heterocycles. The highest BCUT2D eigenvalue weighted by Crippen LogP contribution is 2.31. The molecule has 1 saturated carbocycles. The van der Waals surface area contributed by atoms with Crippen LogP contribution >= 0.6 is 0 Å². The molecule has 0 spiro atoms. The van der Waals surface area contributed by atoms with E-state index in [1.165, 1.54) is 45.3 Å². The van der Waals surface area contributed by atoms with E-state index >= 15 is 0 Å². The lowest BCUT2D eigenvalue weighted by molar-refractivity contribution is -0.149. The van der Waals surface area contributed by atoms with Gasteiger partial charge >= 0.3 is 0 Å². The number of nitrogens with one attached hydrogen (secondary N) is 2. The van der Waals surface area contributed by atoms with E-state index in [1.54, 1.807) is 0 Å². The normalized spacial score (nSPS) is 24.0. The smallest absolute Gasteiger partial charge is 0.248 e. The van der Waals surface area contributed by atoms with Crippen LogP contribution in [0, 0.1) is 18.8 Å². The number of rotatable bonds is 8. The van der Waals surface area contributed by atoms with Crippen molar-refractivity contribution in [3.05, 3.63) is 11.8 Å². The minimum Gasteiger partial charge on any atom is -0.373 e. The molecule has 1 aliphatic carbocycles. The number of carbonyl (C=O) groups is 1. The molecule has 8 nitrogen and oxygen atoms in total. The number of aromatic nitrogens is 2. The molecule has 8 heteroatoms. The summed E-state index contributed by atoms with van der Waals surface area (Å²) in [4.78, 5) is 25.8. The molecule has 29 heavy (non-hydrogen) atoms. The number of hydrogen-bond donors (Lipinski definition) is 2. The molecular formula is C21H34N6O2. The Morgan fingerprint density at radius 2 is 1.90 bits per heavy atom. The molecule has 1 atom stereocenters. The monoisotopic (exact) mass is 402 g/mol. The van der Waals surface area contributed by atoms with Gasteiger partial charge in [-0.15, -0.1) is 0 Å². The fourth-order valence-corrected chi connectivity index (χ4v) is 4.29. The first-order valence-corrected chi connectivity index (χ1v) is 11.0. The van der Waals surface area contributed by atoms with Crippen LogP contribution in [0.1, 0.15) is 31.4 Å². The molecule has 0 bridgehead atoms. The molecule has 3 aliphatic rings. The van der Waals surface area contributed by atoms with Crippen molar-refractivity contribution in [2.75, 3.05) is 63.6 Å². The first kappa shape index (κ1) is 20.3. The average molecular weight is 403 g/mol. The third kappa shape index (κ3) is 5.79. The van der Waals surface area contributed by atoms with Crippen LogP contribution in [-0.4, -0.2) is 84.7 Å². The first-order chi connectivity index (χ1) is 14.1. The zero-order valence-corrected chi connectivity index (χ0v) is 17.7. The number of amides is 1. The number of likely N-dealkylation sites (tertiary alicyclic amines) is 1. The van der Waals surface area contributed by atoms with Crippen LogP contribution < -0.4 is 10.6 Å². The predicted octanol–water partition coefficient (Wildman–Crippen LogP) is 1.59. The standard InChI is InChI=1S/C21H34N6O2/c1-15-9-19(22-2)25-21(24-15)23-10-18-13-27(20(28)14-29-18)12-17-5-7-26(8-6-17)11-16-3-4-16/h9,16-18H,3-8,10-14H2,1-2H3,(H2,22,23,24,25). The quantitative estimate of drug-likeness (QED) is 0.683. The maximum absolute atomic E-state index is 12.4. The summed E-state index contributed by atoms with van der Waals surface area (Å²) in [6.07, 6.45) is 5.20. The van der Waals surface area contributed by atoms with Gasteiger partial charge in [-0.05, 0) is 57.5 Å². The highest BCUT2D eigenvalue weighted by molar-refractivity contribution is 5.78. The summed E-state index contributed by atoms with van der Waals surface area (Å²) in [7, 11) is 1.84. The molecular weight excluding hydrogens is 368 g/mol. The Labute approximate surface area is 173 Å². The van der Waals surface area contributed by atoms with Gasteiger partial charge in [0.2, 0.25) is 11.9 Å². The van der Waals surface area contributed by atoms with Crippen LogP contribution in [0.2, 0.25) is 0 Å². The predicted molar refractivity (Wildman–Crippen MR) is 113 cm³/mol. The zero-order chi connectivity index (χ0) is 20.2. The SMILES string of the molecule is CNc1cc(C)nc(NCC2CN(CC3CCN(CC4CC4)CC3)C(=O)CO2)n1. The fourth-order valence-electron chi connectivity index (χ4n) is 4.29. The minimum atomic E-state index is -0.0372. The molecule has 1 aromatic rings. The Bertz CT molecular complexity index is 702. The highest BCUT2D eigenvalue weighted by atomic mass is 16.5. The summed E-state index contributed by atoms with van der Waals surface area (Å²) in [5.41, 5.74) is 0.904. The minimum absolute atomic E-state index is 0.0372. The lowest BCUT2D eigenvalue weighted by Crippen LogP contribution is -2.51. The lowest BCUT2D eigenvalue weighted by atomic mass is 9.95. The van der Waals surface area contributed by atoms with Gasteiger partial charge in [-0.2, -0.15) is 4.98 Å². The number of piperidine rings is 1. The number of hydrogen-bond acceptors (Lipinski definition) is 7. The molecule has 1 amide bonds. The van der Waals surface area contributed by atoms with Gasteiger partial charge in [0.1, 0.15) is 12.4 Å². The van der Waals surface area contributed by atoms with Gasteiger partial charge in [0.05, 0.1) is 6.10 Å². The molecule has 1 unspecified atom stereocenters. The molecule has 2 saturated heterocycles. The average Bonchev–Trinajstić information content (AvgIpc) is 3.53. The second-order valence-corrected chi connectivity index (χ2v) is 8.77. The molecule has 3 fully saturated rings. The molecule has 2 N–H and O–H groups in total.